The van der Waals surface area contributed by atoms with Crippen molar-refractivity contribution in [3.05, 3.63) is 205 Å². The lowest BCUT2D eigenvalue weighted by Crippen LogP contribution is -2.09. The molecular formula is C52H38N2. The van der Waals surface area contributed by atoms with Gasteiger partial charge in [0.05, 0.1) is 11.0 Å². The van der Waals surface area contributed by atoms with Crippen molar-refractivity contribution in [3.8, 4) is 27.9 Å². The van der Waals surface area contributed by atoms with Crippen LogP contribution in [0.15, 0.2) is 194 Å². The van der Waals surface area contributed by atoms with Crippen molar-refractivity contribution in [2.75, 3.05) is 4.90 Å². The normalized spacial score (nSPS) is 11.5. The molecule has 0 radical (unpaired) electrons. The molecule has 2 heteroatoms. The highest BCUT2D eigenvalue weighted by Gasteiger charge is 2.21. The molecule has 0 amide bonds. The molecule has 0 aliphatic heterocycles. The van der Waals surface area contributed by atoms with Crippen LogP contribution in [0.25, 0.3) is 71.3 Å². The summed E-state index contributed by atoms with van der Waals surface area (Å²) in [5.41, 5.74) is 14.6. The smallest absolute Gasteiger partial charge is 0.0542 e. The van der Waals surface area contributed by atoms with E-state index < -0.39 is 0 Å². The zero-order chi connectivity index (χ0) is 36.2. The minimum absolute atomic E-state index is 1.13. The van der Waals surface area contributed by atoms with Crippen LogP contribution in [0.5, 0.6) is 0 Å². The molecule has 0 saturated heterocycles. The maximum atomic E-state index is 2.46. The highest BCUT2D eigenvalue weighted by molar-refractivity contribution is 6.21. The average molecular weight is 691 g/mol. The quantitative estimate of drug-likeness (QED) is 0.158. The minimum Gasteiger partial charge on any atom is -0.310 e. The number of hydrogen-bond acceptors (Lipinski definition) is 1. The first-order valence-corrected chi connectivity index (χ1v) is 18.7. The van der Waals surface area contributed by atoms with Gasteiger partial charge in [0, 0.05) is 33.5 Å². The standard InChI is InChI=1S/C52H38N2/c1-35-33-50(36(2)32-46(35)52-44-27-14-12-25-42(44)51(37-18-6-3-7-19-37)43-26-13-15-28-45(43)52)54-48-29-17-16-24-41(48)47-34-40(30-31-49(47)54)53(38-20-8-4-9-21-38)39-22-10-5-11-23-39/h3-34H,1-2H3. The third-order valence-corrected chi connectivity index (χ3v) is 11.0. The second-order valence-corrected chi connectivity index (χ2v) is 14.2. The van der Waals surface area contributed by atoms with Gasteiger partial charge in [0.2, 0.25) is 0 Å². The summed E-state index contributed by atoms with van der Waals surface area (Å²) in [4.78, 5) is 2.34. The Balaban J connectivity index is 1.18. The van der Waals surface area contributed by atoms with Crippen molar-refractivity contribution >= 4 is 60.4 Å². The Kier molecular flexibility index (Phi) is 7.63. The molecule has 2 nitrogen and oxygen atoms in total. The Hall–Kier alpha value is -6.90. The molecule has 0 aliphatic carbocycles. The molecule has 1 aromatic heterocycles. The summed E-state index contributed by atoms with van der Waals surface area (Å²) < 4.78 is 2.46. The van der Waals surface area contributed by atoms with E-state index in [1.54, 1.807) is 0 Å². The molecule has 0 N–H and O–H groups in total. The van der Waals surface area contributed by atoms with Gasteiger partial charge in [-0.3, -0.25) is 0 Å². The fourth-order valence-corrected chi connectivity index (χ4v) is 8.61. The fourth-order valence-electron chi connectivity index (χ4n) is 8.61. The summed E-state index contributed by atoms with van der Waals surface area (Å²) in [5.74, 6) is 0. The number of rotatable bonds is 6. The van der Waals surface area contributed by atoms with Gasteiger partial charge in [0.25, 0.3) is 0 Å². The van der Waals surface area contributed by atoms with E-state index in [2.05, 4.69) is 217 Å². The van der Waals surface area contributed by atoms with Crippen LogP contribution >= 0.6 is 0 Å². The lowest BCUT2D eigenvalue weighted by molar-refractivity contribution is 1.14. The van der Waals surface area contributed by atoms with Crippen LogP contribution < -0.4 is 4.90 Å². The first-order chi connectivity index (χ1) is 26.7. The van der Waals surface area contributed by atoms with E-state index in [0.29, 0.717) is 0 Å². The molecule has 9 aromatic carbocycles. The Morgan fingerprint density at radius 1 is 0.352 bits per heavy atom. The zero-order valence-corrected chi connectivity index (χ0v) is 30.4. The number of aryl methyl sites for hydroxylation is 2. The van der Waals surface area contributed by atoms with Gasteiger partial charge in [0.1, 0.15) is 0 Å². The van der Waals surface area contributed by atoms with Crippen molar-refractivity contribution in [3.63, 3.8) is 0 Å². The molecule has 10 aromatic rings. The molecule has 0 unspecified atom stereocenters. The van der Waals surface area contributed by atoms with Gasteiger partial charge in [0.15, 0.2) is 0 Å². The van der Waals surface area contributed by atoms with E-state index in [1.807, 2.05) is 0 Å². The van der Waals surface area contributed by atoms with Gasteiger partial charge in [-0.2, -0.15) is 0 Å². The molecule has 1 heterocycles. The number of benzene rings is 9. The summed E-state index contributed by atoms with van der Waals surface area (Å²) >= 11 is 0. The maximum Gasteiger partial charge on any atom is 0.0542 e. The number of nitrogens with zero attached hydrogens (tertiary/aromatic N) is 2. The lowest BCUT2D eigenvalue weighted by Gasteiger charge is -2.25. The fraction of sp³-hybridized carbons (Fsp3) is 0.0385. The van der Waals surface area contributed by atoms with Gasteiger partial charge in [-0.05, 0) is 129 Å². The van der Waals surface area contributed by atoms with Crippen molar-refractivity contribution in [1.29, 1.82) is 0 Å². The van der Waals surface area contributed by atoms with Crippen LogP contribution in [0.2, 0.25) is 0 Å². The predicted octanol–water partition coefficient (Wildman–Crippen LogP) is 14.5. The molecule has 0 bridgehead atoms. The first-order valence-electron chi connectivity index (χ1n) is 18.7. The molecule has 0 saturated carbocycles. The first kappa shape index (κ1) is 31.8. The van der Waals surface area contributed by atoms with Gasteiger partial charge in [-0.25, -0.2) is 0 Å². The van der Waals surface area contributed by atoms with E-state index in [0.717, 1.165) is 17.1 Å². The molecular weight excluding hydrogens is 653 g/mol. The van der Waals surface area contributed by atoms with Crippen molar-refractivity contribution in [1.82, 2.24) is 4.57 Å². The summed E-state index contributed by atoms with van der Waals surface area (Å²) in [6.07, 6.45) is 0. The van der Waals surface area contributed by atoms with Gasteiger partial charge in [-0.1, -0.05) is 133 Å². The Morgan fingerprint density at radius 2 is 0.833 bits per heavy atom. The van der Waals surface area contributed by atoms with Gasteiger partial charge >= 0.3 is 0 Å². The van der Waals surface area contributed by atoms with Crippen LogP contribution in [0.4, 0.5) is 17.1 Å². The van der Waals surface area contributed by atoms with Crippen molar-refractivity contribution in [2.45, 2.75) is 13.8 Å². The summed E-state index contributed by atoms with van der Waals surface area (Å²) in [6, 6.07) is 70.5. The third kappa shape index (κ3) is 5.10. The molecule has 0 atom stereocenters. The Labute approximate surface area is 315 Å². The number of aromatic nitrogens is 1. The average Bonchev–Trinajstić information content (AvgIpc) is 3.55. The molecule has 256 valence electrons. The third-order valence-electron chi connectivity index (χ3n) is 11.0. The SMILES string of the molecule is Cc1cc(-n2c3ccccc3c3cc(N(c4ccccc4)c4ccccc4)ccc32)c(C)cc1-c1c2ccccc2c(-c2ccccc2)c2ccccc12. The van der Waals surface area contributed by atoms with Gasteiger partial charge < -0.3 is 9.47 Å². The monoisotopic (exact) mass is 690 g/mol. The molecule has 54 heavy (non-hydrogen) atoms. The van der Waals surface area contributed by atoms with Crippen molar-refractivity contribution in [2.24, 2.45) is 0 Å². The number of fused-ring (bicyclic) bond motifs is 5. The molecule has 0 spiro atoms. The number of hydrogen-bond donors (Lipinski definition) is 0. The van der Waals surface area contributed by atoms with Crippen LogP contribution in [0, 0.1) is 13.8 Å². The second-order valence-electron chi connectivity index (χ2n) is 14.2. The van der Waals surface area contributed by atoms with Gasteiger partial charge in [-0.15, -0.1) is 0 Å². The topological polar surface area (TPSA) is 8.17 Å². The summed E-state index contributed by atoms with van der Waals surface area (Å²) in [5, 5.41) is 7.57. The zero-order valence-electron chi connectivity index (χ0n) is 30.4. The second kappa shape index (κ2) is 12.9. The van der Waals surface area contributed by atoms with Crippen LogP contribution in [0.1, 0.15) is 11.1 Å². The van der Waals surface area contributed by atoms with E-state index >= 15 is 0 Å². The predicted molar refractivity (Wildman–Crippen MR) is 231 cm³/mol. The Bertz CT molecular complexity index is 2900. The van der Waals surface area contributed by atoms with Crippen molar-refractivity contribution < 1.29 is 0 Å². The Morgan fingerprint density at radius 3 is 1.43 bits per heavy atom. The highest BCUT2D eigenvalue weighted by atomic mass is 15.1. The lowest BCUT2D eigenvalue weighted by atomic mass is 9.84. The molecule has 0 fully saturated rings. The summed E-state index contributed by atoms with van der Waals surface area (Å²) in [6.45, 7) is 4.54. The number of anilines is 3. The van der Waals surface area contributed by atoms with Crippen LogP contribution in [-0.4, -0.2) is 4.57 Å². The molecule has 0 aliphatic rings. The highest BCUT2D eigenvalue weighted by Crippen LogP contribution is 2.46. The maximum absolute atomic E-state index is 2.46. The van der Waals surface area contributed by atoms with E-state index in [9.17, 15) is 0 Å². The molecule has 10 rings (SSSR count). The summed E-state index contributed by atoms with van der Waals surface area (Å²) in [7, 11) is 0. The van der Waals surface area contributed by atoms with Crippen LogP contribution in [0.3, 0.4) is 0 Å². The van der Waals surface area contributed by atoms with Crippen LogP contribution in [-0.2, 0) is 0 Å². The largest absolute Gasteiger partial charge is 0.310 e. The van der Waals surface area contributed by atoms with E-state index in [4.69, 9.17) is 0 Å². The van der Waals surface area contributed by atoms with E-state index in [1.165, 1.54) is 82.4 Å². The van der Waals surface area contributed by atoms with E-state index in [-0.39, 0.29) is 0 Å². The number of para-hydroxylation sites is 3. The minimum atomic E-state index is 1.13.